The van der Waals surface area contributed by atoms with Gasteiger partial charge < -0.3 is 19.2 Å². The van der Waals surface area contributed by atoms with Crippen molar-refractivity contribution in [1.82, 2.24) is 9.97 Å². The van der Waals surface area contributed by atoms with E-state index in [1.54, 1.807) is 0 Å². The fourth-order valence-corrected chi connectivity index (χ4v) is 1.87. The molecule has 1 aliphatic heterocycles. The van der Waals surface area contributed by atoms with Crippen molar-refractivity contribution >= 4 is 11.0 Å². The fraction of sp³-hybridized carbons (Fsp3) is 0.417. The van der Waals surface area contributed by atoms with Gasteiger partial charge in [-0.1, -0.05) is 0 Å². The van der Waals surface area contributed by atoms with Gasteiger partial charge in [-0.05, 0) is 6.92 Å². The van der Waals surface area contributed by atoms with Crippen LogP contribution in [0.1, 0.15) is 12.7 Å². The Morgan fingerprint density at radius 2 is 2.06 bits per heavy atom. The molecule has 0 fully saturated rings. The number of aromatic amines is 1. The molecule has 5 heteroatoms. The van der Waals surface area contributed by atoms with Crippen molar-refractivity contribution < 1.29 is 14.2 Å². The van der Waals surface area contributed by atoms with Crippen LogP contribution in [0.3, 0.4) is 0 Å². The van der Waals surface area contributed by atoms with Gasteiger partial charge in [0.1, 0.15) is 25.6 Å². The summed E-state index contributed by atoms with van der Waals surface area (Å²) in [5.74, 6) is 2.36. The molecule has 5 nitrogen and oxygen atoms in total. The Hall–Kier alpha value is -1.75. The van der Waals surface area contributed by atoms with E-state index in [0.717, 1.165) is 28.4 Å². The van der Waals surface area contributed by atoms with Gasteiger partial charge in [-0.3, -0.25) is 0 Å². The molecule has 17 heavy (non-hydrogen) atoms. The predicted molar refractivity (Wildman–Crippen MR) is 62.4 cm³/mol. The highest BCUT2D eigenvalue weighted by Gasteiger charge is 2.14. The molecule has 0 unspecified atom stereocenters. The largest absolute Gasteiger partial charge is 0.486 e. The van der Waals surface area contributed by atoms with E-state index in [0.29, 0.717) is 26.4 Å². The molecule has 0 aliphatic carbocycles. The zero-order valence-corrected chi connectivity index (χ0v) is 9.66. The van der Waals surface area contributed by atoms with Gasteiger partial charge in [0.25, 0.3) is 0 Å². The number of aromatic nitrogens is 2. The molecule has 1 N–H and O–H groups in total. The highest BCUT2D eigenvalue weighted by molar-refractivity contribution is 5.79. The van der Waals surface area contributed by atoms with Crippen LogP contribution in [-0.2, 0) is 11.3 Å². The number of nitrogens with zero attached hydrogens (tertiary/aromatic N) is 1. The Bertz CT molecular complexity index is 493. The van der Waals surface area contributed by atoms with E-state index < -0.39 is 0 Å². The van der Waals surface area contributed by atoms with E-state index in [4.69, 9.17) is 14.2 Å². The third-order valence-electron chi connectivity index (χ3n) is 2.64. The molecule has 0 atom stereocenters. The first-order chi connectivity index (χ1) is 8.36. The van der Waals surface area contributed by atoms with E-state index in [9.17, 15) is 0 Å². The number of rotatable bonds is 3. The lowest BCUT2D eigenvalue weighted by Gasteiger charge is -2.17. The number of imidazole rings is 1. The first-order valence-electron chi connectivity index (χ1n) is 5.73. The minimum Gasteiger partial charge on any atom is -0.486 e. The molecule has 2 aromatic rings. The van der Waals surface area contributed by atoms with Crippen LogP contribution in [0.25, 0.3) is 11.0 Å². The van der Waals surface area contributed by atoms with Crippen LogP contribution in [-0.4, -0.2) is 29.8 Å². The normalized spacial score (nSPS) is 14.2. The summed E-state index contributed by atoms with van der Waals surface area (Å²) >= 11 is 0. The summed E-state index contributed by atoms with van der Waals surface area (Å²) in [5, 5.41) is 0. The van der Waals surface area contributed by atoms with Gasteiger partial charge in [-0.2, -0.15) is 0 Å². The highest BCUT2D eigenvalue weighted by Crippen LogP contribution is 2.33. The van der Waals surface area contributed by atoms with Crippen LogP contribution in [0.5, 0.6) is 11.5 Å². The first-order valence-corrected chi connectivity index (χ1v) is 5.73. The molecule has 1 aromatic heterocycles. The average Bonchev–Trinajstić information content (AvgIpc) is 2.75. The van der Waals surface area contributed by atoms with Gasteiger partial charge in [0.2, 0.25) is 0 Å². The molecular formula is C12H14N2O3. The monoisotopic (exact) mass is 234 g/mol. The lowest BCUT2D eigenvalue weighted by molar-refractivity contribution is 0.129. The average molecular weight is 234 g/mol. The quantitative estimate of drug-likeness (QED) is 0.880. The summed E-state index contributed by atoms with van der Waals surface area (Å²) in [7, 11) is 0. The topological polar surface area (TPSA) is 56.4 Å². The van der Waals surface area contributed by atoms with Crippen molar-refractivity contribution in [1.29, 1.82) is 0 Å². The number of hydrogen-bond donors (Lipinski definition) is 1. The SMILES string of the molecule is CCOCc1nc2cc3c(cc2[nH]1)OCCO3. The van der Waals surface area contributed by atoms with Crippen LogP contribution in [0.15, 0.2) is 12.1 Å². The lowest BCUT2D eigenvalue weighted by atomic mass is 10.2. The highest BCUT2D eigenvalue weighted by atomic mass is 16.6. The van der Waals surface area contributed by atoms with E-state index in [1.807, 2.05) is 19.1 Å². The van der Waals surface area contributed by atoms with Crippen LogP contribution in [0.2, 0.25) is 0 Å². The number of hydrogen-bond acceptors (Lipinski definition) is 4. The fourth-order valence-electron chi connectivity index (χ4n) is 1.87. The Morgan fingerprint density at radius 3 is 2.82 bits per heavy atom. The van der Waals surface area contributed by atoms with Gasteiger partial charge in [-0.25, -0.2) is 4.98 Å². The van der Waals surface area contributed by atoms with Crippen molar-refractivity contribution in [2.24, 2.45) is 0 Å². The molecule has 1 aliphatic rings. The second kappa shape index (κ2) is 4.25. The Kier molecular flexibility index (Phi) is 2.60. The molecule has 0 radical (unpaired) electrons. The number of nitrogens with one attached hydrogen (secondary N) is 1. The Balaban J connectivity index is 1.98. The molecule has 3 rings (SSSR count). The van der Waals surface area contributed by atoms with Gasteiger partial charge in [0.15, 0.2) is 11.5 Å². The molecule has 1 aromatic carbocycles. The van der Waals surface area contributed by atoms with Crippen molar-refractivity contribution in [3.05, 3.63) is 18.0 Å². The molecule has 2 heterocycles. The molecule has 0 saturated heterocycles. The second-order valence-corrected chi connectivity index (χ2v) is 3.83. The molecule has 90 valence electrons. The predicted octanol–water partition coefficient (Wildman–Crippen LogP) is 1.87. The molecular weight excluding hydrogens is 220 g/mol. The van der Waals surface area contributed by atoms with E-state index in [-0.39, 0.29) is 0 Å². The van der Waals surface area contributed by atoms with Crippen LogP contribution in [0, 0.1) is 0 Å². The minimum atomic E-state index is 0.498. The van der Waals surface area contributed by atoms with E-state index in [2.05, 4.69) is 9.97 Å². The third-order valence-corrected chi connectivity index (χ3v) is 2.64. The smallest absolute Gasteiger partial charge is 0.163 e. The third kappa shape index (κ3) is 1.93. The summed E-state index contributed by atoms with van der Waals surface area (Å²) in [5.41, 5.74) is 1.83. The Morgan fingerprint density at radius 1 is 1.29 bits per heavy atom. The number of fused-ring (bicyclic) bond motifs is 2. The van der Waals surface area contributed by atoms with Gasteiger partial charge >= 0.3 is 0 Å². The molecule has 0 saturated carbocycles. The molecule has 0 amide bonds. The summed E-state index contributed by atoms with van der Waals surface area (Å²) < 4.78 is 16.3. The van der Waals surface area contributed by atoms with E-state index in [1.165, 1.54) is 0 Å². The van der Waals surface area contributed by atoms with Crippen molar-refractivity contribution in [3.63, 3.8) is 0 Å². The number of H-pyrrole nitrogens is 1. The number of benzene rings is 1. The number of ether oxygens (including phenoxy) is 3. The van der Waals surface area contributed by atoms with Gasteiger partial charge in [0, 0.05) is 18.7 Å². The standard InChI is InChI=1S/C12H14N2O3/c1-2-15-7-12-13-8-5-10-11(6-9(8)14-12)17-4-3-16-10/h5-6H,2-4,7H2,1H3,(H,13,14). The lowest BCUT2D eigenvalue weighted by Crippen LogP contribution is -2.15. The summed E-state index contributed by atoms with van der Waals surface area (Å²) in [6, 6.07) is 3.82. The zero-order chi connectivity index (χ0) is 11.7. The summed E-state index contributed by atoms with van der Waals surface area (Å²) in [6.45, 7) is 4.33. The molecule has 0 spiro atoms. The first kappa shape index (κ1) is 10.4. The van der Waals surface area contributed by atoms with Crippen molar-refractivity contribution in [3.8, 4) is 11.5 Å². The summed E-state index contributed by atoms with van der Waals surface area (Å²) in [4.78, 5) is 7.65. The Labute approximate surface area is 98.7 Å². The van der Waals surface area contributed by atoms with Crippen molar-refractivity contribution in [2.45, 2.75) is 13.5 Å². The summed E-state index contributed by atoms with van der Waals surface area (Å²) in [6.07, 6.45) is 0. The maximum absolute atomic E-state index is 5.52. The van der Waals surface area contributed by atoms with E-state index >= 15 is 0 Å². The molecule has 0 bridgehead atoms. The second-order valence-electron chi connectivity index (χ2n) is 3.83. The zero-order valence-electron chi connectivity index (χ0n) is 9.66. The van der Waals surface area contributed by atoms with Gasteiger partial charge in [0.05, 0.1) is 11.0 Å². The van der Waals surface area contributed by atoms with Crippen molar-refractivity contribution in [2.75, 3.05) is 19.8 Å². The van der Waals surface area contributed by atoms with Crippen LogP contribution >= 0.6 is 0 Å². The van der Waals surface area contributed by atoms with Crippen LogP contribution < -0.4 is 9.47 Å². The minimum absolute atomic E-state index is 0.498. The van der Waals surface area contributed by atoms with Crippen LogP contribution in [0.4, 0.5) is 0 Å². The maximum Gasteiger partial charge on any atom is 0.163 e. The maximum atomic E-state index is 5.52. The van der Waals surface area contributed by atoms with Gasteiger partial charge in [-0.15, -0.1) is 0 Å².